The van der Waals surface area contributed by atoms with E-state index < -0.39 is 0 Å². The zero-order valence-electron chi connectivity index (χ0n) is 10.5. The van der Waals surface area contributed by atoms with Crippen molar-refractivity contribution in [3.8, 4) is 0 Å². The summed E-state index contributed by atoms with van der Waals surface area (Å²) in [6.45, 7) is 2.77. The Hall–Kier alpha value is -1.75. The summed E-state index contributed by atoms with van der Waals surface area (Å²) in [7, 11) is 1.98. The molecule has 4 nitrogen and oxygen atoms in total. The maximum atomic E-state index is 10.9. The van der Waals surface area contributed by atoms with Gasteiger partial charge in [-0.3, -0.25) is 9.78 Å². The van der Waals surface area contributed by atoms with E-state index >= 15 is 0 Å². The van der Waals surface area contributed by atoms with E-state index in [1.165, 1.54) is 16.9 Å². The first-order valence-electron chi connectivity index (χ1n) is 5.79. The Morgan fingerprint density at radius 2 is 2.11 bits per heavy atom. The molecule has 2 rings (SSSR count). The number of carbonyl (C=O) groups is 1. The number of carbonyl (C=O) groups excluding carboxylic acids is 1. The molecule has 0 fully saturated rings. The number of aldehydes is 1. The first-order chi connectivity index (χ1) is 8.74. The van der Waals surface area contributed by atoms with E-state index in [9.17, 15) is 4.79 Å². The quantitative estimate of drug-likeness (QED) is 0.776. The van der Waals surface area contributed by atoms with Crippen LogP contribution in [0.25, 0.3) is 0 Å². The van der Waals surface area contributed by atoms with E-state index in [-0.39, 0.29) is 0 Å². The van der Waals surface area contributed by atoms with E-state index in [1.807, 2.05) is 31.0 Å². The fourth-order valence-electron chi connectivity index (χ4n) is 1.69. The molecule has 0 unspecified atom stereocenters. The molecule has 18 heavy (non-hydrogen) atoms. The van der Waals surface area contributed by atoms with E-state index in [1.54, 1.807) is 12.4 Å². The molecule has 0 atom stereocenters. The summed E-state index contributed by atoms with van der Waals surface area (Å²) >= 11 is 1.44. The number of aromatic nitrogens is 2. The van der Waals surface area contributed by atoms with Crippen molar-refractivity contribution in [1.29, 1.82) is 0 Å². The molecule has 0 N–H and O–H groups in total. The summed E-state index contributed by atoms with van der Waals surface area (Å²) in [5, 5.41) is 0.880. The molecule has 0 aliphatic rings. The number of rotatable bonds is 5. The smallest absolute Gasteiger partial charge is 0.186 e. The fraction of sp³-hybridized carbons (Fsp3) is 0.308. The van der Waals surface area contributed by atoms with Gasteiger partial charge >= 0.3 is 0 Å². The highest BCUT2D eigenvalue weighted by molar-refractivity contribution is 7.17. The van der Waals surface area contributed by atoms with Crippen LogP contribution in [0.15, 0.2) is 24.5 Å². The van der Waals surface area contributed by atoms with Gasteiger partial charge in [0.05, 0.1) is 10.6 Å². The first kappa shape index (κ1) is 12.7. The first-order valence-corrected chi connectivity index (χ1v) is 6.61. The molecule has 0 aliphatic heterocycles. The Bertz CT molecular complexity index is 524. The summed E-state index contributed by atoms with van der Waals surface area (Å²) in [6.07, 6.45) is 5.23. The maximum absolute atomic E-state index is 10.9. The van der Waals surface area contributed by atoms with Crippen LogP contribution in [0.2, 0.25) is 0 Å². The van der Waals surface area contributed by atoms with Crippen LogP contribution in [0, 0.1) is 0 Å². The molecule has 0 aromatic carbocycles. The number of hydrogen-bond donors (Lipinski definition) is 0. The van der Waals surface area contributed by atoms with Crippen LogP contribution in [0.5, 0.6) is 0 Å². The van der Waals surface area contributed by atoms with Crippen LogP contribution in [-0.2, 0) is 13.0 Å². The summed E-state index contributed by atoms with van der Waals surface area (Å²) < 4.78 is 0. The van der Waals surface area contributed by atoms with Crippen molar-refractivity contribution in [2.75, 3.05) is 11.9 Å². The lowest BCUT2D eigenvalue weighted by Crippen LogP contribution is -2.16. The van der Waals surface area contributed by atoms with Crippen molar-refractivity contribution in [2.24, 2.45) is 0 Å². The normalized spacial score (nSPS) is 10.3. The number of hydrogen-bond acceptors (Lipinski definition) is 5. The van der Waals surface area contributed by atoms with Gasteiger partial charge in [0.15, 0.2) is 11.4 Å². The average Bonchev–Trinajstić information content (AvgIpc) is 2.83. The second-order valence-corrected chi connectivity index (χ2v) is 5.00. The Morgan fingerprint density at radius 1 is 1.39 bits per heavy atom. The molecule has 0 bridgehead atoms. The van der Waals surface area contributed by atoms with Crippen molar-refractivity contribution in [3.05, 3.63) is 40.7 Å². The monoisotopic (exact) mass is 261 g/mol. The lowest BCUT2D eigenvalue weighted by Gasteiger charge is -2.15. The molecule has 0 spiro atoms. The molecule has 0 aliphatic carbocycles. The largest absolute Gasteiger partial charge is 0.347 e. The van der Waals surface area contributed by atoms with Crippen molar-refractivity contribution < 1.29 is 4.79 Å². The van der Waals surface area contributed by atoms with E-state index in [0.29, 0.717) is 0 Å². The van der Waals surface area contributed by atoms with Crippen molar-refractivity contribution in [3.63, 3.8) is 0 Å². The highest BCUT2D eigenvalue weighted by atomic mass is 32.1. The molecule has 2 aromatic heterocycles. The standard InChI is InChI=1S/C13H15N3OS/c1-3-11-12(9-17)18-13(15-11)16(2)8-10-4-6-14-7-5-10/h4-7,9H,3,8H2,1-2H3. The van der Waals surface area contributed by atoms with Crippen molar-refractivity contribution >= 4 is 22.8 Å². The number of thiazole rings is 1. The third kappa shape index (κ3) is 2.73. The summed E-state index contributed by atoms with van der Waals surface area (Å²) in [4.78, 5) is 22.2. The van der Waals surface area contributed by atoms with Crippen LogP contribution in [0.4, 0.5) is 5.13 Å². The van der Waals surface area contributed by atoms with Gasteiger partial charge < -0.3 is 4.90 Å². The van der Waals surface area contributed by atoms with Gasteiger partial charge in [-0.25, -0.2) is 4.98 Å². The van der Waals surface area contributed by atoms with E-state index in [4.69, 9.17) is 0 Å². The zero-order chi connectivity index (χ0) is 13.0. The minimum absolute atomic E-state index is 0.731. The molecular weight excluding hydrogens is 246 g/mol. The van der Waals surface area contributed by atoms with Gasteiger partial charge in [-0.15, -0.1) is 0 Å². The topological polar surface area (TPSA) is 46.1 Å². The lowest BCUT2D eigenvalue weighted by atomic mass is 10.2. The molecule has 2 heterocycles. The third-order valence-corrected chi connectivity index (χ3v) is 3.79. The lowest BCUT2D eigenvalue weighted by molar-refractivity contribution is 0.112. The van der Waals surface area contributed by atoms with Gasteiger partial charge in [0.25, 0.3) is 0 Å². The molecule has 0 amide bonds. The minimum atomic E-state index is 0.731. The predicted octanol–water partition coefficient (Wildman–Crippen LogP) is 2.55. The third-order valence-electron chi connectivity index (χ3n) is 2.65. The summed E-state index contributed by atoms with van der Waals surface area (Å²) in [5.74, 6) is 0. The second-order valence-electron chi connectivity index (χ2n) is 3.99. The van der Waals surface area contributed by atoms with E-state index in [2.05, 4.69) is 9.97 Å². The number of aryl methyl sites for hydroxylation is 1. The summed E-state index contributed by atoms with van der Waals surface area (Å²) in [5.41, 5.74) is 2.06. The van der Waals surface area contributed by atoms with Crippen LogP contribution < -0.4 is 4.90 Å². The molecule has 94 valence electrons. The Morgan fingerprint density at radius 3 is 2.67 bits per heavy atom. The van der Waals surface area contributed by atoms with Crippen molar-refractivity contribution in [1.82, 2.24) is 9.97 Å². The zero-order valence-corrected chi connectivity index (χ0v) is 11.3. The summed E-state index contributed by atoms with van der Waals surface area (Å²) in [6, 6.07) is 3.96. The van der Waals surface area contributed by atoms with Gasteiger partial charge in [-0.1, -0.05) is 18.3 Å². The maximum Gasteiger partial charge on any atom is 0.186 e. The predicted molar refractivity (Wildman–Crippen MR) is 73.2 cm³/mol. The van der Waals surface area contributed by atoms with Gasteiger partial charge in [-0.05, 0) is 24.1 Å². The van der Waals surface area contributed by atoms with Gasteiger partial charge in [0.1, 0.15) is 0 Å². The highest BCUT2D eigenvalue weighted by Crippen LogP contribution is 2.25. The molecule has 0 radical (unpaired) electrons. The van der Waals surface area contributed by atoms with Crippen LogP contribution in [-0.4, -0.2) is 23.3 Å². The van der Waals surface area contributed by atoms with Gasteiger partial charge in [0.2, 0.25) is 0 Å². The molecule has 0 saturated heterocycles. The molecule has 5 heteroatoms. The van der Waals surface area contributed by atoms with E-state index in [0.717, 1.165) is 35.0 Å². The fourth-order valence-corrected chi connectivity index (χ4v) is 2.62. The SMILES string of the molecule is CCc1nc(N(C)Cc2ccncc2)sc1C=O. The molecule has 2 aromatic rings. The number of anilines is 1. The van der Waals surface area contributed by atoms with Crippen LogP contribution in [0.1, 0.15) is 27.9 Å². The minimum Gasteiger partial charge on any atom is -0.347 e. The van der Waals surface area contributed by atoms with Gasteiger partial charge in [-0.2, -0.15) is 0 Å². The average molecular weight is 261 g/mol. The van der Waals surface area contributed by atoms with Gasteiger partial charge in [0, 0.05) is 26.0 Å². The number of pyridine rings is 1. The number of nitrogens with zero attached hydrogens (tertiary/aromatic N) is 3. The second kappa shape index (κ2) is 5.73. The Labute approximate surface area is 110 Å². The Balaban J connectivity index is 2.16. The van der Waals surface area contributed by atoms with Crippen molar-refractivity contribution in [2.45, 2.75) is 19.9 Å². The highest BCUT2D eigenvalue weighted by Gasteiger charge is 2.12. The van der Waals surface area contributed by atoms with Crippen LogP contribution >= 0.6 is 11.3 Å². The Kier molecular flexibility index (Phi) is 4.04. The molecule has 0 saturated carbocycles. The van der Waals surface area contributed by atoms with Crippen LogP contribution in [0.3, 0.4) is 0 Å². The molecular formula is C13H15N3OS.